The molecule has 5 nitrogen and oxygen atoms in total. The van der Waals surface area contributed by atoms with E-state index in [0.29, 0.717) is 5.75 Å². The van der Waals surface area contributed by atoms with Gasteiger partial charge >= 0.3 is 5.97 Å². The molecular formula is C17H15F2NO4. The zero-order valence-electron chi connectivity index (χ0n) is 12.6. The van der Waals surface area contributed by atoms with Crippen LogP contribution >= 0.6 is 0 Å². The highest BCUT2D eigenvalue weighted by atomic mass is 19.1. The first-order chi connectivity index (χ1) is 11.6. The predicted molar refractivity (Wildman–Crippen MR) is 81.6 cm³/mol. The van der Waals surface area contributed by atoms with E-state index in [4.69, 9.17) is 9.47 Å². The molecule has 0 saturated heterocycles. The molecule has 0 aliphatic rings. The molecule has 0 bridgehead atoms. The summed E-state index contributed by atoms with van der Waals surface area (Å²) in [4.78, 5) is 23.2. The highest BCUT2D eigenvalue weighted by Gasteiger charge is 2.12. The van der Waals surface area contributed by atoms with Crippen LogP contribution in [0.2, 0.25) is 0 Å². The first kappa shape index (κ1) is 17.4. The molecule has 2 rings (SSSR count). The highest BCUT2D eigenvalue weighted by molar-refractivity contribution is 5.96. The number of esters is 1. The molecule has 0 atom stereocenters. The Morgan fingerprint density at radius 2 is 1.67 bits per heavy atom. The van der Waals surface area contributed by atoms with E-state index in [1.807, 2.05) is 0 Å². The molecule has 126 valence electrons. The van der Waals surface area contributed by atoms with Gasteiger partial charge in [0.15, 0.2) is 0 Å². The van der Waals surface area contributed by atoms with Gasteiger partial charge in [-0.3, -0.25) is 9.59 Å². The molecule has 2 aromatic carbocycles. The maximum absolute atomic E-state index is 13.4. The van der Waals surface area contributed by atoms with Crippen molar-refractivity contribution in [1.29, 1.82) is 0 Å². The minimum Gasteiger partial charge on any atom is -0.490 e. The number of hydrogen-bond acceptors (Lipinski definition) is 4. The van der Waals surface area contributed by atoms with Crippen LogP contribution in [0.5, 0.6) is 5.75 Å². The fraction of sp³-hybridized carbons (Fsp3) is 0.176. The van der Waals surface area contributed by atoms with Crippen LogP contribution in [-0.2, 0) is 9.53 Å². The van der Waals surface area contributed by atoms with E-state index in [1.54, 1.807) is 0 Å². The molecule has 1 N–H and O–H groups in total. The number of nitrogens with one attached hydrogen (secondary N) is 1. The molecule has 0 saturated carbocycles. The van der Waals surface area contributed by atoms with Gasteiger partial charge < -0.3 is 14.8 Å². The minimum absolute atomic E-state index is 0.0359. The Morgan fingerprint density at radius 1 is 0.958 bits per heavy atom. The zero-order chi connectivity index (χ0) is 17.4. The zero-order valence-corrected chi connectivity index (χ0v) is 12.6. The SMILES string of the molecule is O=C(CNC(=O)c1ccccc1F)OCCOc1ccc(F)cc1. The molecule has 0 unspecified atom stereocenters. The lowest BCUT2D eigenvalue weighted by atomic mass is 10.2. The summed E-state index contributed by atoms with van der Waals surface area (Å²) in [6, 6.07) is 10.8. The maximum atomic E-state index is 13.4. The summed E-state index contributed by atoms with van der Waals surface area (Å²) in [6.07, 6.45) is 0. The molecule has 1 amide bonds. The molecule has 0 radical (unpaired) electrons. The number of halogens is 2. The van der Waals surface area contributed by atoms with Crippen molar-refractivity contribution in [1.82, 2.24) is 5.32 Å². The van der Waals surface area contributed by atoms with Crippen molar-refractivity contribution in [3.05, 3.63) is 65.7 Å². The number of ether oxygens (including phenoxy) is 2. The second kappa shape index (κ2) is 8.61. The van der Waals surface area contributed by atoms with E-state index in [1.165, 1.54) is 42.5 Å². The van der Waals surface area contributed by atoms with E-state index in [9.17, 15) is 18.4 Å². The lowest BCUT2D eigenvalue weighted by molar-refractivity contribution is -0.143. The fourth-order valence-corrected chi connectivity index (χ4v) is 1.79. The van der Waals surface area contributed by atoms with Crippen molar-refractivity contribution < 1.29 is 27.8 Å². The molecule has 0 spiro atoms. The number of benzene rings is 2. The first-order valence-corrected chi connectivity index (χ1v) is 7.13. The number of hydrogen-bond donors (Lipinski definition) is 1. The molecule has 0 aliphatic carbocycles. The van der Waals surface area contributed by atoms with Crippen molar-refractivity contribution in [2.75, 3.05) is 19.8 Å². The van der Waals surface area contributed by atoms with Gasteiger partial charge in [-0.05, 0) is 36.4 Å². The van der Waals surface area contributed by atoms with Crippen molar-refractivity contribution >= 4 is 11.9 Å². The Morgan fingerprint density at radius 3 is 2.38 bits per heavy atom. The van der Waals surface area contributed by atoms with Crippen molar-refractivity contribution in [3.8, 4) is 5.75 Å². The van der Waals surface area contributed by atoms with Gasteiger partial charge in [0, 0.05) is 0 Å². The summed E-state index contributed by atoms with van der Waals surface area (Å²) >= 11 is 0. The smallest absolute Gasteiger partial charge is 0.325 e. The number of amides is 1. The molecule has 0 heterocycles. The van der Waals surface area contributed by atoms with Crippen molar-refractivity contribution in [2.45, 2.75) is 0 Å². The van der Waals surface area contributed by atoms with Gasteiger partial charge in [-0.25, -0.2) is 8.78 Å². The summed E-state index contributed by atoms with van der Waals surface area (Å²) < 4.78 is 36.2. The van der Waals surface area contributed by atoms with E-state index in [0.717, 1.165) is 6.07 Å². The Labute approximate surface area is 137 Å². The average Bonchev–Trinajstić information content (AvgIpc) is 2.58. The monoisotopic (exact) mass is 335 g/mol. The maximum Gasteiger partial charge on any atom is 0.325 e. The molecular weight excluding hydrogens is 320 g/mol. The van der Waals surface area contributed by atoms with Gasteiger partial charge in [-0.15, -0.1) is 0 Å². The van der Waals surface area contributed by atoms with E-state index in [-0.39, 0.29) is 31.1 Å². The van der Waals surface area contributed by atoms with E-state index < -0.39 is 17.7 Å². The summed E-state index contributed by atoms with van der Waals surface area (Å²) in [5.74, 6) is -1.98. The summed E-state index contributed by atoms with van der Waals surface area (Å²) in [5, 5.41) is 2.27. The largest absolute Gasteiger partial charge is 0.490 e. The fourth-order valence-electron chi connectivity index (χ4n) is 1.79. The van der Waals surface area contributed by atoms with Crippen LogP contribution in [0.4, 0.5) is 8.78 Å². The molecule has 0 aliphatic heterocycles. The highest BCUT2D eigenvalue weighted by Crippen LogP contribution is 2.10. The average molecular weight is 335 g/mol. The lowest BCUT2D eigenvalue weighted by Gasteiger charge is -2.08. The standard InChI is InChI=1S/C17H15F2NO4/c18-12-5-7-13(8-6-12)23-9-10-24-16(21)11-20-17(22)14-3-1-2-4-15(14)19/h1-8H,9-11H2,(H,20,22). The Hall–Kier alpha value is -2.96. The Kier molecular flexibility index (Phi) is 6.24. The van der Waals surface area contributed by atoms with E-state index >= 15 is 0 Å². The van der Waals surface area contributed by atoms with Gasteiger partial charge in [0.2, 0.25) is 0 Å². The van der Waals surface area contributed by atoms with Crippen LogP contribution in [0.1, 0.15) is 10.4 Å². The van der Waals surface area contributed by atoms with Gasteiger partial charge in [-0.2, -0.15) is 0 Å². The topological polar surface area (TPSA) is 64.6 Å². The van der Waals surface area contributed by atoms with Crippen LogP contribution in [0, 0.1) is 11.6 Å². The summed E-state index contributed by atoms with van der Waals surface area (Å²) in [7, 11) is 0. The van der Waals surface area contributed by atoms with Gasteiger partial charge in [-0.1, -0.05) is 12.1 Å². The Balaban J connectivity index is 1.65. The molecule has 24 heavy (non-hydrogen) atoms. The van der Waals surface area contributed by atoms with Crippen LogP contribution in [0.25, 0.3) is 0 Å². The Bertz CT molecular complexity index is 704. The minimum atomic E-state index is -0.701. The number of carbonyl (C=O) groups excluding carboxylic acids is 2. The second-order valence-corrected chi connectivity index (χ2v) is 4.69. The quantitative estimate of drug-likeness (QED) is 0.623. The first-order valence-electron chi connectivity index (χ1n) is 7.13. The number of carbonyl (C=O) groups is 2. The normalized spacial score (nSPS) is 10.1. The van der Waals surface area contributed by atoms with Crippen molar-refractivity contribution in [2.24, 2.45) is 0 Å². The molecule has 7 heteroatoms. The van der Waals surface area contributed by atoms with E-state index in [2.05, 4.69) is 5.32 Å². The third kappa shape index (κ3) is 5.35. The number of rotatable bonds is 7. The molecule has 0 aromatic heterocycles. The third-order valence-corrected chi connectivity index (χ3v) is 2.94. The predicted octanol–water partition coefficient (Wildman–Crippen LogP) is 2.32. The van der Waals surface area contributed by atoms with Crippen LogP contribution in [0.15, 0.2) is 48.5 Å². The van der Waals surface area contributed by atoms with Crippen molar-refractivity contribution in [3.63, 3.8) is 0 Å². The van der Waals surface area contributed by atoms with Crippen LogP contribution < -0.4 is 10.1 Å². The third-order valence-electron chi connectivity index (χ3n) is 2.94. The van der Waals surface area contributed by atoms with Gasteiger partial charge in [0.05, 0.1) is 5.56 Å². The van der Waals surface area contributed by atoms with Crippen LogP contribution in [-0.4, -0.2) is 31.6 Å². The van der Waals surface area contributed by atoms with Gasteiger partial charge in [0.25, 0.3) is 5.91 Å². The summed E-state index contributed by atoms with van der Waals surface area (Å²) in [6.45, 7) is -0.339. The van der Waals surface area contributed by atoms with Gasteiger partial charge in [0.1, 0.15) is 37.1 Å². The summed E-state index contributed by atoms with van der Waals surface area (Å²) in [5.41, 5.74) is -0.148. The molecule has 0 fully saturated rings. The molecule has 2 aromatic rings. The lowest BCUT2D eigenvalue weighted by Crippen LogP contribution is -2.31. The van der Waals surface area contributed by atoms with Crippen LogP contribution in [0.3, 0.4) is 0 Å². The second-order valence-electron chi connectivity index (χ2n) is 4.69.